The Bertz CT molecular complexity index is 3.90. The van der Waals surface area contributed by atoms with E-state index in [0.717, 1.165) is 0 Å². The van der Waals surface area contributed by atoms with Gasteiger partial charge in [-0.2, -0.15) is 0 Å². The van der Waals surface area contributed by atoms with Crippen molar-refractivity contribution in [1.29, 1.82) is 0 Å². The van der Waals surface area contributed by atoms with Gasteiger partial charge in [-0.05, 0) is 0 Å². The Balaban J connectivity index is 0. The van der Waals surface area contributed by atoms with Gasteiger partial charge in [-0.25, -0.2) is 0 Å². The van der Waals surface area contributed by atoms with Gasteiger partial charge in [0.15, 0.2) is 0 Å². The van der Waals surface area contributed by atoms with Crippen LogP contribution in [0.25, 0.3) is 0 Å². The van der Waals surface area contributed by atoms with Crippen LogP contribution in [-0.2, 0) is 82.5 Å². The molecule has 0 saturated heterocycles. The molecule has 0 aliphatic rings. The molecule has 0 nitrogen and oxygen atoms in total. The van der Waals surface area contributed by atoms with Crippen LogP contribution in [0.5, 0.6) is 0 Å². The largest absolute Gasteiger partial charge is 0 e. The molecule has 6 heteroatoms. The second-order valence-corrected chi connectivity index (χ2v) is 0. The molecule has 0 N–H and O–H groups in total. The summed E-state index contributed by atoms with van der Waals surface area (Å²) in [6, 6.07) is 0. The van der Waals surface area contributed by atoms with Crippen molar-refractivity contribution in [3.8, 4) is 0 Å². The average molecular weight is 412 g/mol. The summed E-state index contributed by atoms with van der Waals surface area (Å²) in [4.78, 5) is 0. The van der Waals surface area contributed by atoms with Gasteiger partial charge < -0.3 is 0 Å². The molecule has 0 aromatic rings. The van der Waals surface area contributed by atoms with Crippen LogP contribution in [0.4, 0.5) is 0 Å². The molecule has 0 rings (SSSR count). The van der Waals surface area contributed by atoms with Crippen molar-refractivity contribution < 1.29 is 82.5 Å². The maximum absolute atomic E-state index is 0. The van der Waals surface area contributed by atoms with Gasteiger partial charge in [0.05, 0.1) is 0 Å². The molecule has 54 valence electrons. The SMILES string of the molecule is [Ni].[Ni].[Ni].[Ni].[Ni].[Sn]. The molecule has 0 bridgehead atoms. The van der Waals surface area contributed by atoms with Crippen LogP contribution in [0.1, 0.15) is 0 Å². The molecule has 6 heavy (non-hydrogen) atoms. The smallest absolute Gasteiger partial charge is 0 e. The van der Waals surface area contributed by atoms with Gasteiger partial charge in [0.2, 0.25) is 0 Å². The van der Waals surface area contributed by atoms with Crippen LogP contribution in [0.15, 0.2) is 0 Å². The monoisotopic (exact) mass is 410 g/mol. The zero-order valence-electron chi connectivity index (χ0n) is 2.08. The van der Waals surface area contributed by atoms with Crippen LogP contribution < -0.4 is 0 Å². The Kier molecular flexibility index (Phi) is 405. The maximum atomic E-state index is 0. The fourth-order valence-electron chi connectivity index (χ4n) is 0. The summed E-state index contributed by atoms with van der Waals surface area (Å²) < 4.78 is 0. The molecule has 0 aromatic heterocycles. The Morgan fingerprint density at radius 3 is 0.333 bits per heavy atom. The number of hydrogen-bond donors (Lipinski definition) is 0. The van der Waals surface area contributed by atoms with E-state index in [1.807, 2.05) is 0 Å². The fourth-order valence-corrected chi connectivity index (χ4v) is 0. The third-order valence-electron chi connectivity index (χ3n) is 0. The summed E-state index contributed by atoms with van der Waals surface area (Å²) >= 11 is 0. The zero-order chi connectivity index (χ0) is 0. The third-order valence-corrected chi connectivity index (χ3v) is 0. The van der Waals surface area contributed by atoms with E-state index < -0.39 is 0 Å². The molecular weight excluding hydrogens is 412 g/mol. The minimum atomic E-state index is 0. The molecule has 4 radical (unpaired) electrons. The molecule has 0 aliphatic heterocycles. The van der Waals surface area contributed by atoms with E-state index in [-0.39, 0.29) is 106 Å². The summed E-state index contributed by atoms with van der Waals surface area (Å²) in [6.45, 7) is 0. The van der Waals surface area contributed by atoms with Gasteiger partial charge in [-0.15, -0.1) is 0 Å². The molecule has 0 saturated carbocycles. The summed E-state index contributed by atoms with van der Waals surface area (Å²) in [5, 5.41) is 0. The first-order valence-electron chi connectivity index (χ1n) is 0. The molecule has 0 amide bonds. The molecule has 0 unspecified atom stereocenters. The average Bonchev–Trinajstić information content (AvgIpc) is 0. The summed E-state index contributed by atoms with van der Waals surface area (Å²) in [5.41, 5.74) is 0. The normalized spacial score (nSPS) is 0. The Labute approximate surface area is 105 Å². The van der Waals surface area contributed by atoms with Gasteiger partial charge in [-0.3, -0.25) is 0 Å². The number of hydrogen-bond acceptors (Lipinski definition) is 0. The Morgan fingerprint density at radius 1 is 0.333 bits per heavy atom. The predicted molar refractivity (Wildman–Crippen MR) is 5.75 cm³/mol. The number of rotatable bonds is 0. The van der Waals surface area contributed by atoms with E-state index in [9.17, 15) is 0 Å². The molecule has 0 aromatic carbocycles. The second kappa shape index (κ2) is 40.9. The van der Waals surface area contributed by atoms with Crippen molar-refractivity contribution in [2.24, 2.45) is 0 Å². The van der Waals surface area contributed by atoms with Crippen LogP contribution in [-0.4, -0.2) is 23.9 Å². The quantitative estimate of drug-likeness (QED) is 0.476. The van der Waals surface area contributed by atoms with Gasteiger partial charge in [0, 0.05) is 106 Å². The van der Waals surface area contributed by atoms with Crippen molar-refractivity contribution in [1.82, 2.24) is 0 Å². The third kappa shape index (κ3) is 26.7. The van der Waals surface area contributed by atoms with Gasteiger partial charge in [0.1, 0.15) is 0 Å². The molecule has 0 spiro atoms. The molecule has 0 aliphatic carbocycles. The van der Waals surface area contributed by atoms with E-state index in [1.165, 1.54) is 0 Å². The fraction of sp³-hybridized carbons (Fsp3) is 0. The van der Waals surface area contributed by atoms with Crippen LogP contribution >= 0.6 is 0 Å². The van der Waals surface area contributed by atoms with E-state index in [4.69, 9.17) is 0 Å². The summed E-state index contributed by atoms with van der Waals surface area (Å²) in [6.07, 6.45) is 0. The molecule has 0 fully saturated rings. The second-order valence-electron chi connectivity index (χ2n) is 0. The standard InChI is InChI=1S/5Ni.Sn. The van der Waals surface area contributed by atoms with Crippen molar-refractivity contribution in [3.63, 3.8) is 0 Å². The predicted octanol–water partition coefficient (Wildman–Crippen LogP) is -0.393. The van der Waals surface area contributed by atoms with Crippen molar-refractivity contribution >= 4 is 23.9 Å². The van der Waals surface area contributed by atoms with Crippen molar-refractivity contribution in [3.05, 3.63) is 0 Å². The van der Waals surface area contributed by atoms with Crippen molar-refractivity contribution in [2.75, 3.05) is 0 Å². The van der Waals surface area contributed by atoms with Crippen LogP contribution in [0, 0.1) is 0 Å². The zero-order valence-corrected chi connectivity index (χ0v) is 9.87. The van der Waals surface area contributed by atoms with E-state index in [1.54, 1.807) is 0 Å². The minimum absolute atomic E-state index is 0. The van der Waals surface area contributed by atoms with E-state index in [2.05, 4.69) is 0 Å². The van der Waals surface area contributed by atoms with E-state index in [0.29, 0.717) is 0 Å². The van der Waals surface area contributed by atoms with Gasteiger partial charge >= 0.3 is 0 Å². The molecule has 0 atom stereocenters. The van der Waals surface area contributed by atoms with Crippen molar-refractivity contribution in [2.45, 2.75) is 0 Å². The summed E-state index contributed by atoms with van der Waals surface area (Å²) in [7, 11) is 0. The first-order chi connectivity index (χ1) is 0. The van der Waals surface area contributed by atoms with E-state index >= 15 is 0 Å². The summed E-state index contributed by atoms with van der Waals surface area (Å²) in [5.74, 6) is 0. The Hall–Kier alpha value is 3.27. The Morgan fingerprint density at radius 2 is 0.333 bits per heavy atom. The minimum Gasteiger partial charge on any atom is 0 e. The maximum Gasteiger partial charge on any atom is 0 e. The first kappa shape index (κ1) is 59.4. The van der Waals surface area contributed by atoms with Crippen LogP contribution in [0.2, 0.25) is 0 Å². The first-order valence-corrected chi connectivity index (χ1v) is 0. The molecular formula is Ni5Sn. The van der Waals surface area contributed by atoms with Gasteiger partial charge in [0.25, 0.3) is 0 Å². The topological polar surface area (TPSA) is 0 Å². The molecule has 0 heterocycles. The van der Waals surface area contributed by atoms with Gasteiger partial charge in [-0.1, -0.05) is 0 Å². The van der Waals surface area contributed by atoms with Crippen LogP contribution in [0.3, 0.4) is 0 Å².